The van der Waals surface area contributed by atoms with Gasteiger partial charge in [0.05, 0.1) is 17.9 Å². The van der Waals surface area contributed by atoms with Gasteiger partial charge >= 0.3 is 0 Å². The van der Waals surface area contributed by atoms with Gasteiger partial charge in [-0.15, -0.1) is 6.58 Å². The lowest BCUT2D eigenvalue weighted by atomic mass is 9.92. The summed E-state index contributed by atoms with van der Waals surface area (Å²) >= 11 is 0. The van der Waals surface area contributed by atoms with Gasteiger partial charge in [0.25, 0.3) is 5.91 Å². The first kappa shape index (κ1) is 18.0. The zero-order valence-corrected chi connectivity index (χ0v) is 15.5. The van der Waals surface area contributed by atoms with Gasteiger partial charge < -0.3 is 4.90 Å². The molecule has 3 aromatic carbocycles. The average Bonchev–Trinajstić information content (AvgIpc) is 2.97. The molecule has 4 heteroatoms. The van der Waals surface area contributed by atoms with Crippen molar-refractivity contribution in [2.24, 2.45) is 0 Å². The van der Waals surface area contributed by atoms with E-state index in [1.54, 1.807) is 11.0 Å². The number of anilines is 2. The van der Waals surface area contributed by atoms with E-state index in [9.17, 15) is 4.79 Å². The third-order valence-electron chi connectivity index (χ3n) is 4.95. The quantitative estimate of drug-likeness (QED) is 0.467. The molecule has 0 spiro atoms. The van der Waals surface area contributed by atoms with Gasteiger partial charge in [0.2, 0.25) is 5.60 Å². The van der Waals surface area contributed by atoms with Gasteiger partial charge in [0.1, 0.15) is 0 Å². The fourth-order valence-corrected chi connectivity index (χ4v) is 3.61. The number of nitrogens with zero attached hydrogens (tertiary/aromatic N) is 1. The largest absolute Gasteiger partial charge is 0.305 e. The Balaban J connectivity index is 1.71. The van der Waals surface area contributed by atoms with Crippen LogP contribution in [0.5, 0.6) is 0 Å². The summed E-state index contributed by atoms with van der Waals surface area (Å²) in [7, 11) is 0. The van der Waals surface area contributed by atoms with Crippen LogP contribution in [0.1, 0.15) is 17.5 Å². The maximum Gasteiger partial charge on any atom is 0.267 e. The Hall–Kier alpha value is -3.37. The van der Waals surface area contributed by atoms with Crippen molar-refractivity contribution in [3.63, 3.8) is 0 Å². The number of para-hydroxylation sites is 2. The highest BCUT2D eigenvalue weighted by molar-refractivity contribution is 6.07. The Morgan fingerprint density at radius 1 is 0.929 bits per heavy atom. The number of nitrogens with one attached hydrogen (secondary N) is 1. The molecule has 1 atom stereocenters. The van der Waals surface area contributed by atoms with E-state index in [1.807, 2.05) is 84.9 Å². The molecule has 0 aliphatic carbocycles. The second kappa shape index (κ2) is 7.71. The van der Waals surface area contributed by atoms with Crippen LogP contribution in [-0.2, 0) is 21.8 Å². The summed E-state index contributed by atoms with van der Waals surface area (Å²) < 4.78 is 0. The van der Waals surface area contributed by atoms with Crippen LogP contribution in [0.15, 0.2) is 97.6 Å². The lowest BCUT2D eigenvalue weighted by Gasteiger charge is -2.28. The minimum absolute atomic E-state index is 0.0964. The van der Waals surface area contributed by atoms with Gasteiger partial charge in [-0.05, 0) is 23.8 Å². The Morgan fingerprint density at radius 3 is 2.29 bits per heavy atom. The molecule has 3 aromatic rings. The smallest absolute Gasteiger partial charge is 0.267 e. The number of rotatable bonds is 7. The summed E-state index contributed by atoms with van der Waals surface area (Å²) in [5, 5.41) is 0. The van der Waals surface area contributed by atoms with Gasteiger partial charge in [-0.25, -0.2) is 0 Å². The van der Waals surface area contributed by atoms with E-state index in [0.29, 0.717) is 13.0 Å². The SMILES string of the molecule is C=CC[C@]1(ONc2ccccc2)C(=O)N(Cc2ccccc2)c2ccccc21. The summed E-state index contributed by atoms with van der Waals surface area (Å²) in [5.74, 6) is -0.0964. The third-order valence-corrected chi connectivity index (χ3v) is 4.95. The van der Waals surface area contributed by atoms with E-state index < -0.39 is 5.60 Å². The molecule has 140 valence electrons. The van der Waals surface area contributed by atoms with Crippen LogP contribution in [-0.4, -0.2) is 5.91 Å². The van der Waals surface area contributed by atoms with Crippen LogP contribution >= 0.6 is 0 Å². The fourth-order valence-electron chi connectivity index (χ4n) is 3.61. The molecule has 1 heterocycles. The Labute approximate surface area is 165 Å². The maximum atomic E-state index is 13.6. The zero-order chi connectivity index (χ0) is 19.4. The van der Waals surface area contributed by atoms with E-state index in [1.165, 1.54) is 0 Å². The monoisotopic (exact) mass is 370 g/mol. The molecule has 0 saturated heterocycles. The third kappa shape index (κ3) is 3.19. The van der Waals surface area contributed by atoms with Crippen LogP contribution in [0, 0.1) is 0 Å². The predicted molar refractivity (Wildman–Crippen MR) is 112 cm³/mol. The van der Waals surface area contributed by atoms with Crippen LogP contribution in [0.25, 0.3) is 0 Å². The first-order valence-electron chi connectivity index (χ1n) is 9.30. The molecule has 4 rings (SSSR count). The number of hydrogen-bond acceptors (Lipinski definition) is 3. The van der Waals surface area contributed by atoms with Gasteiger partial charge in [-0.2, -0.15) is 0 Å². The molecule has 4 nitrogen and oxygen atoms in total. The summed E-state index contributed by atoms with van der Waals surface area (Å²) in [6.07, 6.45) is 2.10. The minimum Gasteiger partial charge on any atom is -0.305 e. The van der Waals surface area contributed by atoms with Crippen molar-refractivity contribution in [3.05, 3.63) is 109 Å². The minimum atomic E-state index is -1.15. The lowest BCUT2D eigenvalue weighted by molar-refractivity contribution is -0.139. The standard InChI is InChI=1S/C24H22N2O2/c1-2-17-24(28-25-20-13-7-4-8-14-20)21-15-9-10-16-22(21)26(23(24)27)18-19-11-5-3-6-12-19/h2-16,25H,1,17-18H2/t24-/m1/s1. The number of carbonyl (C=O) groups excluding carboxylic acids is 1. The molecule has 0 saturated carbocycles. The van der Waals surface area contributed by atoms with Crippen LogP contribution in [0.4, 0.5) is 11.4 Å². The molecule has 0 bridgehead atoms. The van der Waals surface area contributed by atoms with Crippen molar-refractivity contribution < 1.29 is 9.63 Å². The summed E-state index contributed by atoms with van der Waals surface area (Å²) in [6, 6.07) is 27.3. The molecule has 28 heavy (non-hydrogen) atoms. The van der Waals surface area contributed by atoms with E-state index in [4.69, 9.17) is 4.84 Å². The number of fused-ring (bicyclic) bond motifs is 1. The zero-order valence-electron chi connectivity index (χ0n) is 15.5. The molecule has 0 fully saturated rings. The Kier molecular flexibility index (Phi) is 4.96. The van der Waals surface area contributed by atoms with E-state index in [0.717, 1.165) is 22.5 Å². The van der Waals surface area contributed by atoms with Gasteiger partial charge in [0, 0.05) is 12.0 Å². The van der Waals surface area contributed by atoms with Crippen molar-refractivity contribution in [2.45, 2.75) is 18.6 Å². The average molecular weight is 370 g/mol. The highest BCUT2D eigenvalue weighted by Crippen LogP contribution is 2.45. The normalized spacial score (nSPS) is 18.0. The Bertz CT molecular complexity index is 972. The summed E-state index contributed by atoms with van der Waals surface area (Å²) in [4.78, 5) is 21.5. The second-order valence-electron chi connectivity index (χ2n) is 6.78. The van der Waals surface area contributed by atoms with Crippen molar-refractivity contribution in [1.82, 2.24) is 0 Å². The first-order chi connectivity index (χ1) is 13.7. The number of benzene rings is 3. The predicted octanol–water partition coefficient (Wildman–Crippen LogP) is 5.05. The van der Waals surface area contributed by atoms with E-state index >= 15 is 0 Å². The van der Waals surface area contributed by atoms with E-state index in [2.05, 4.69) is 12.1 Å². The molecular formula is C24H22N2O2. The topological polar surface area (TPSA) is 41.6 Å². The van der Waals surface area contributed by atoms with Crippen molar-refractivity contribution in [3.8, 4) is 0 Å². The summed E-state index contributed by atoms with van der Waals surface area (Å²) in [6.45, 7) is 4.35. The number of carbonyl (C=O) groups is 1. The lowest BCUT2D eigenvalue weighted by Crippen LogP contribution is -2.43. The fraction of sp³-hybridized carbons (Fsp3) is 0.125. The van der Waals surface area contributed by atoms with Crippen molar-refractivity contribution in [2.75, 3.05) is 10.4 Å². The summed E-state index contributed by atoms with van der Waals surface area (Å²) in [5.41, 5.74) is 5.39. The number of hydrogen-bond donors (Lipinski definition) is 1. The molecule has 0 unspecified atom stereocenters. The molecule has 0 aromatic heterocycles. The van der Waals surface area contributed by atoms with E-state index in [-0.39, 0.29) is 5.91 Å². The molecule has 1 amide bonds. The highest BCUT2D eigenvalue weighted by atomic mass is 16.7. The molecular weight excluding hydrogens is 348 g/mol. The van der Waals surface area contributed by atoms with Gasteiger partial charge in [-0.1, -0.05) is 72.8 Å². The van der Waals surface area contributed by atoms with Crippen molar-refractivity contribution >= 4 is 17.3 Å². The molecule has 1 N–H and O–H groups in total. The van der Waals surface area contributed by atoms with Gasteiger partial charge in [0.15, 0.2) is 0 Å². The maximum absolute atomic E-state index is 13.6. The van der Waals surface area contributed by atoms with Crippen LogP contribution < -0.4 is 10.4 Å². The molecule has 1 aliphatic heterocycles. The van der Waals surface area contributed by atoms with Gasteiger partial charge in [-0.3, -0.25) is 15.1 Å². The number of amides is 1. The van der Waals surface area contributed by atoms with Crippen LogP contribution in [0.2, 0.25) is 0 Å². The second-order valence-corrected chi connectivity index (χ2v) is 6.78. The molecule has 1 aliphatic rings. The van der Waals surface area contributed by atoms with Crippen molar-refractivity contribution in [1.29, 1.82) is 0 Å². The first-order valence-corrected chi connectivity index (χ1v) is 9.30. The highest BCUT2D eigenvalue weighted by Gasteiger charge is 2.52. The molecule has 0 radical (unpaired) electrons. The Morgan fingerprint density at radius 2 is 1.57 bits per heavy atom. The van der Waals surface area contributed by atoms with Crippen LogP contribution in [0.3, 0.4) is 0 Å².